The Morgan fingerprint density at radius 3 is 2.43 bits per heavy atom. The molecular weight excluding hydrogens is 119 g/mol. The molecule has 0 saturated heterocycles. The zero-order valence-corrected chi connectivity index (χ0v) is 4.47. The largest absolute Gasteiger partial charge is 0.296 e. The van der Waals surface area contributed by atoms with Crippen LogP contribution in [0.4, 0.5) is 0 Å². The Morgan fingerprint density at radius 1 is 2.00 bits per heavy atom. The molecule has 42 valence electrons. The van der Waals surface area contributed by atoms with Gasteiger partial charge in [-0.2, -0.15) is 0 Å². The molecule has 0 aliphatic heterocycles. The number of halogens is 1. The summed E-state index contributed by atoms with van der Waals surface area (Å²) in [5.74, 6) is -0.413. The SMILES string of the molecule is CC(=O)C(Cl)OO. The maximum atomic E-state index is 9.96. The minimum atomic E-state index is -1.21. The highest BCUT2D eigenvalue weighted by molar-refractivity contribution is 6.29. The summed E-state index contributed by atoms with van der Waals surface area (Å²) in [6.45, 7) is 1.22. The van der Waals surface area contributed by atoms with E-state index in [0.717, 1.165) is 0 Å². The first-order chi connectivity index (χ1) is 3.18. The number of Topliss-reactive ketones (excluding diaryl/α,β-unsaturated/α-hetero) is 1. The van der Waals surface area contributed by atoms with Crippen molar-refractivity contribution in [2.75, 3.05) is 0 Å². The molecule has 0 aliphatic carbocycles. The average Bonchev–Trinajstić information content (AvgIpc) is 1.65. The van der Waals surface area contributed by atoms with Crippen molar-refractivity contribution in [3.8, 4) is 0 Å². The Labute approximate surface area is 45.8 Å². The summed E-state index contributed by atoms with van der Waals surface area (Å²) in [7, 11) is 0. The molecule has 0 radical (unpaired) electrons. The van der Waals surface area contributed by atoms with Crippen molar-refractivity contribution in [3.63, 3.8) is 0 Å². The highest BCUT2D eigenvalue weighted by Crippen LogP contribution is 1.94. The molecular formula is C3H5ClO3. The van der Waals surface area contributed by atoms with Crippen LogP contribution in [0.25, 0.3) is 0 Å². The van der Waals surface area contributed by atoms with Crippen LogP contribution in [0.1, 0.15) is 6.92 Å². The normalized spacial score (nSPS) is 13.6. The fourth-order valence-electron chi connectivity index (χ4n) is 0.0742. The van der Waals surface area contributed by atoms with E-state index in [1.54, 1.807) is 0 Å². The quantitative estimate of drug-likeness (QED) is 0.334. The molecule has 0 aromatic carbocycles. The van der Waals surface area contributed by atoms with Gasteiger partial charge in [-0.1, -0.05) is 11.6 Å². The summed E-state index contributed by atoms with van der Waals surface area (Å²) >= 11 is 4.98. The van der Waals surface area contributed by atoms with Gasteiger partial charge in [0.2, 0.25) is 5.56 Å². The lowest BCUT2D eigenvalue weighted by Gasteiger charge is -1.95. The molecule has 0 aromatic heterocycles. The molecule has 7 heavy (non-hydrogen) atoms. The molecule has 0 aromatic rings. The van der Waals surface area contributed by atoms with E-state index < -0.39 is 11.3 Å². The van der Waals surface area contributed by atoms with Crippen molar-refractivity contribution in [1.29, 1.82) is 0 Å². The molecule has 0 fully saturated rings. The van der Waals surface area contributed by atoms with E-state index in [4.69, 9.17) is 16.9 Å². The summed E-state index contributed by atoms with van der Waals surface area (Å²) in [6.07, 6.45) is 0. The second kappa shape index (κ2) is 2.96. The van der Waals surface area contributed by atoms with Gasteiger partial charge in [0.05, 0.1) is 0 Å². The van der Waals surface area contributed by atoms with Crippen molar-refractivity contribution in [2.24, 2.45) is 0 Å². The molecule has 0 aliphatic rings. The summed E-state index contributed by atoms with van der Waals surface area (Å²) in [5, 5.41) is 7.65. The van der Waals surface area contributed by atoms with E-state index in [1.165, 1.54) is 6.92 Å². The van der Waals surface area contributed by atoms with Crippen molar-refractivity contribution in [2.45, 2.75) is 12.5 Å². The van der Waals surface area contributed by atoms with E-state index in [9.17, 15) is 4.79 Å². The van der Waals surface area contributed by atoms with Gasteiger partial charge in [-0.15, -0.1) is 0 Å². The molecule has 0 spiro atoms. The standard InChI is InChI=1S/C3H5ClO3/c1-2(5)3(4)7-6/h3,6H,1H3. The van der Waals surface area contributed by atoms with Crippen LogP contribution in [0.3, 0.4) is 0 Å². The minimum absolute atomic E-state index is 0.413. The second-order valence-corrected chi connectivity index (χ2v) is 1.43. The smallest absolute Gasteiger partial charge is 0.223 e. The Bertz CT molecular complexity index is 72.6. The number of rotatable bonds is 2. The van der Waals surface area contributed by atoms with Gasteiger partial charge >= 0.3 is 0 Å². The maximum absolute atomic E-state index is 9.96. The Kier molecular flexibility index (Phi) is 2.91. The highest BCUT2D eigenvalue weighted by Gasteiger charge is 2.07. The third kappa shape index (κ3) is 2.56. The third-order valence-corrected chi connectivity index (χ3v) is 0.799. The molecule has 0 rings (SSSR count). The van der Waals surface area contributed by atoms with Gasteiger partial charge in [-0.05, 0) is 6.92 Å². The van der Waals surface area contributed by atoms with Gasteiger partial charge in [0.15, 0.2) is 5.78 Å². The van der Waals surface area contributed by atoms with Crippen molar-refractivity contribution >= 4 is 17.4 Å². The highest BCUT2D eigenvalue weighted by atomic mass is 35.5. The van der Waals surface area contributed by atoms with Crippen LogP contribution in [0, 0.1) is 0 Å². The van der Waals surface area contributed by atoms with Crippen molar-refractivity contribution < 1.29 is 14.9 Å². The zero-order chi connectivity index (χ0) is 5.86. The topological polar surface area (TPSA) is 46.5 Å². The van der Waals surface area contributed by atoms with Gasteiger partial charge in [-0.25, -0.2) is 10.1 Å². The molecule has 1 unspecified atom stereocenters. The first kappa shape index (κ1) is 6.88. The van der Waals surface area contributed by atoms with Crippen LogP contribution >= 0.6 is 11.6 Å². The average molecular weight is 125 g/mol. The van der Waals surface area contributed by atoms with Crippen molar-refractivity contribution in [3.05, 3.63) is 0 Å². The van der Waals surface area contributed by atoms with E-state index in [1.807, 2.05) is 0 Å². The van der Waals surface area contributed by atoms with E-state index in [0.29, 0.717) is 0 Å². The Hall–Kier alpha value is -0.120. The van der Waals surface area contributed by atoms with Crippen LogP contribution in [0.2, 0.25) is 0 Å². The molecule has 0 saturated carbocycles. The molecule has 1 atom stereocenters. The minimum Gasteiger partial charge on any atom is -0.296 e. The molecule has 1 N–H and O–H groups in total. The number of ketones is 1. The molecule has 0 heterocycles. The van der Waals surface area contributed by atoms with Gasteiger partial charge < -0.3 is 0 Å². The molecule has 4 heteroatoms. The fraction of sp³-hybridized carbons (Fsp3) is 0.667. The number of alkyl halides is 1. The van der Waals surface area contributed by atoms with Gasteiger partial charge in [0.1, 0.15) is 0 Å². The summed E-state index contributed by atoms with van der Waals surface area (Å²) in [5.41, 5.74) is -1.21. The Balaban J connectivity index is 3.34. The predicted octanol–water partition coefficient (Wildman–Crippen LogP) is 0.630. The zero-order valence-electron chi connectivity index (χ0n) is 3.72. The monoisotopic (exact) mass is 124 g/mol. The molecule has 0 amide bonds. The molecule has 0 bridgehead atoms. The summed E-state index contributed by atoms with van der Waals surface area (Å²) < 4.78 is 0. The number of hydrogen-bond acceptors (Lipinski definition) is 3. The summed E-state index contributed by atoms with van der Waals surface area (Å²) in [4.78, 5) is 13.4. The van der Waals surface area contributed by atoms with Crippen LogP contribution in [0.5, 0.6) is 0 Å². The van der Waals surface area contributed by atoms with E-state index >= 15 is 0 Å². The van der Waals surface area contributed by atoms with Crippen LogP contribution in [0.15, 0.2) is 0 Å². The van der Waals surface area contributed by atoms with Gasteiger partial charge in [-0.3, -0.25) is 4.79 Å². The second-order valence-electron chi connectivity index (χ2n) is 1.03. The maximum Gasteiger partial charge on any atom is 0.223 e. The van der Waals surface area contributed by atoms with Crippen LogP contribution < -0.4 is 0 Å². The predicted molar refractivity (Wildman–Crippen MR) is 24.0 cm³/mol. The lowest BCUT2D eigenvalue weighted by molar-refractivity contribution is -0.250. The number of hydrogen-bond donors (Lipinski definition) is 1. The summed E-state index contributed by atoms with van der Waals surface area (Å²) in [6, 6.07) is 0. The van der Waals surface area contributed by atoms with Crippen LogP contribution in [-0.2, 0) is 9.68 Å². The van der Waals surface area contributed by atoms with E-state index in [-0.39, 0.29) is 0 Å². The molecule has 3 nitrogen and oxygen atoms in total. The fourth-order valence-corrected chi connectivity index (χ4v) is 0.0742. The van der Waals surface area contributed by atoms with Crippen molar-refractivity contribution in [1.82, 2.24) is 0 Å². The van der Waals surface area contributed by atoms with Gasteiger partial charge in [0.25, 0.3) is 0 Å². The third-order valence-electron chi connectivity index (χ3n) is 0.412. The van der Waals surface area contributed by atoms with Crippen LogP contribution in [-0.4, -0.2) is 16.6 Å². The number of carbonyl (C=O) groups is 1. The number of carbonyl (C=O) groups excluding carboxylic acids is 1. The lowest BCUT2D eigenvalue weighted by atomic mass is 10.5. The Morgan fingerprint density at radius 2 is 2.43 bits per heavy atom. The van der Waals surface area contributed by atoms with E-state index in [2.05, 4.69) is 4.89 Å². The van der Waals surface area contributed by atoms with Gasteiger partial charge in [0, 0.05) is 0 Å². The first-order valence-electron chi connectivity index (χ1n) is 1.63. The first-order valence-corrected chi connectivity index (χ1v) is 2.07. The lowest BCUT2D eigenvalue weighted by Crippen LogP contribution is -2.11.